The van der Waals surface area contributed by atoms with E-state index in [9.17, 15) is 40.5 Å². The van der Waals surface area contributed by atoms with Gasteiger partial charge in [-0.1, -0.05) is 0 Å². The van der Waals surface area contributed by atoms with Crippen LogP contribution in [0.5, 0.6) is 0 Å². The molecule has 0 aliphatic carbocycles. The molecule has 2 rings (SSSR count). The van der Waals surface area contributed by atoms with Gasteiger partial charge in [-0.2, -0.15) is 0 Å². The molecule has 0 aliphatic rings. The molecule has 0 spiro atoms. The Bertz CT molecular complexity index is 749. The molecule has 0 bridgehead atoms. The fraction of sp³-hybridized carbons (Fsp3) is 0. The maximum atomic E-state index is 10.9. The molecule has 0 amide bonds. The second-order valence-electron chi connectivity index (χ2n) is 3.40. The molecule has 2 heterocycles. The van der Waals surface area contributed by atoms with Gasteiger partial charge in [-0.25, -0.2) is 0 Å². The molecule has 22 heavy (non-hydrogen) atoms. The van der Waals surface area contributed by atoms with Crippen LogP contribution in [0.4, 0.5) is 11.6 Å². The highest BCUT2D eigenvalue weighted by Gasteiger charge is 2.46. The molecule has 0 aliphatic heterocycles. The summed E-state index contributed by atoms with van der Waals surface area (Å²) in [6, 6.07) is 0. The summed E-state index contributed by atoms with van der Waals surface area (Å²) in [4.78, 5) is 40.4. The Hall–Kier alpha value is -4.12. The Kier molecular flexibility index (Phi) is 3.10. The molecular weight excluding hydrogens is 316 g/mol. The molecule has 0 aromatic carbocycles. The van der Waals surface area contributed by atoms with Crippen LogP contribution >= 0.6 is 0 Å². The van der Waals surface area contributed by atoms with Crippen molar-refractivity contribution in [2.75, 3.05) is 11.1 Å². The first-order valence-corrected chi connectivity index (χ1v) is 4.85. The largest absolute Gasteiger partial charge is 0.473 e. The number of nitro groups is 4. The van der Waals surface area contributed by atoms with Gasteiger partial charge in [0.2, 0.25) is 0 Å². The monoisotopic (exact) mass is 318 g/mol. The van der Waals surface area contributed by atoms with E-state index >= 15 is 0 Å². The standard InChI is InChI=1S/C4H2N10O8/c15-11(16)3-1-2(10(5-3)8-14(21)22)4(12(17)18)6-9(1)7-13(19)20/h7-8H. The van der Waals surface area contributed by atoms with Crippen LogP contribution in [-0.4, -0.2) is 39.7 Å². The lowest BCUT2D eigenvalue weighted by atomic mass is 10.4. The number of rotatable bonds is 6. The van der Waals surface area contributed by atoms with Gasteiger partial charge >= 0.3 is 22.7 Å². The second kappa shape index (κ2) is 4.77. The van der Waals surface area contributed by atoms with Gasteiger partial charge in [0.05, 0.1) is 19.6 Å². The predicted molar refractivity (Wildman–Crippen MR) is 61.5 cm³/mol. The van der Waals surface area contributed by atoms with Crippen molar-refractivity contribution in [2.45, 2.75) is 0 Å². The first kappa shape index (κ1) is 14.3. The summed E-state index contributed by atoms with van der Waals surface area (Å²) in [7, 11) is 0. The van der Waals surface area contributed by atoms with Crippen molar-refractivity contribution in [2.24, 2.45) is 0 Å². The van der Waals surface area contributed by atoms with Crippen LogP contribution < -0.4 is 11.1 Å². The number of aromatic nitrogens is 4. The van der Waals surface area contributed by atoms with Crippen LogP contribution in [0, 0.1) is 40.5 Å². The number of nitrogens with zero attached hydrogens (tertiary/aromatic N) is 8. The Morgan fingerprint density at radius 2 is 1.05 bits per heavy atom. The average Bonchev–Trinajstić information content (AvgIpc) is 2.88. The van der Waals surface area contributed by atoms with E-state index in [1.807, 2.05) is 0 Å². The molecule has 18 nitrogen and oxygen atoms in total. The van der Waals surface area contributed by atoms with Gasteiger partial charge in [-0.05, 0) is 20.9 Å². The molecule has 2 aromatic rings. The van der Waals surface area contributed by atoms with Gasteiger partial charge in [0.15, 0.2) is 10.2 Å². The van der Waals surface area contributed by atoms with Crippen LogP contribution in [0.2, 0.25) is 0 Å². The second-order valence-corrected chi connectivity index (χ2v) is 3.40. The van der Waals surface area contributed by atoms with Crippen molar-refractivity contribution in [3.63, 3.8) is 0 Å². The number of hydrazine groups is 2. The van der Waals surface area contributed by atoms with Crippen LogP contribution in [0.3, 0.4) is 0 Å². The quantitative estimate of drug-likeness (QED) is 0.458. The minimum absolute atomic E-state index is 0.108. The molecule has 2 aromatic heterocycles. The number of nitrogens with one attached hydrogen (secondary N) is 2. The highest BCUT2D eigenvalue weighted by atomic mass is 16.7. The summed E-state index contributed by atoms with van der Waals surface area (Å²) in [5.41, 5.74) is 1.10. The van der Waals surface area contributed by atoms with E-state index < -0.39 is 42.6 Å². The lowest BCUT2D eigenvalue weighted by Gasteiger charge is -1.91. The lowest BCUT2D eigenvalue weighted by molar-refractivity contribution is -0.463. The van der Waals surface area contributed by atoms with E-state index in [2.05, 4.69) is 10.2 Å². The van der Waals surface area contributed by atoms with Gasteiger partial charge in [0.1, 0.15) is 0 Å². The van der Waals surface area contributed by atoms with Crippen molar-refractivity contribution >= 4 is 22.7 Å². The zero-order valence-corrected chi connectivity index (χ0v) is 9.84. The van der Waals surface area contributed by atoms with Crippen molar-refractivity contribution in [3.8, 4) is 0 Å². The van der Waals surface area contributed by atoms with E-state index in [4.69, 9.17) is 0 Å². The van der Waals surface area contributed by atoms with Crippen LogP contribution in [0.25, 0.3) is 11.0 Å². The molecule has 0 saturated heterocycles. The van der Waals surface area contributed by atoms with E-state index in [0.717, 1.165) is 0 Å². The fourth-order valence-electron chi connectivity index (χ4n) is 1.53. The van der Waals surface area contributed by atoms with Gasteiger partial charge < -0.3 is 40.5 Å². The van der Waals surface area contributed by atoms with Gasteiger partial charge in [0.25, 0.3) is 0 Å². The molecule has 0 saturated carbocycles. The van der Waals surface area contributed by atoms with Crippen molar-refractivity contribution < 1.29 is 19.9 Å². The third-order valence-corrected chi connectivity index (χ3v) is 2.16. The van der Waals surface area contributed by atoms with Gasteiger partial charge in [0, 0.05) is 0 Å². The van der Waals surface area contributed by atoms with Crippen molar-refractivity contribution in [1.29, 1.82) is 0 Å². The van der Waals surface area contributed by atoms with Gasteiger partial charge in [-0.15, -0.1) is 0 Å². The van der Waals surface area contributed by atoms with Crippen LogP contribution in [0.15, 0.2) is 0 Å². The summed E-state index contributed by atoms with van der Waals surface area (Å²) < 4.78 is 0. The maximum Gasteiger partial charge on any atom is 0.473 e. The summed E-state index contributed by atoms with van der Waals surface area (Å²) in [6.45, 7) is 0. The average molecular weight is 318 g/mol. The Morgan fingerprint density at radius 1 is 0.727 bits per heavy atom. The molecule has 2 N–H and O–H groups in total. The maximum absolute atomic E-state index is 10.9. The van der Waals surface area contributed by atoms with E-state index in [1.165, 1.54) is 11.1 Å². The first-order valence-electron chi connectivity index (χ1n) is 4.85. The Morgan fingerprint density at radius 3 is 1.27 bits per heavy atom. The minimum atomic E-state index is -1.20. The predicted octanol–water partition coefficient (Wildman–Crippen LogP) is -1.48. The smallest absolute Gasteiger partial charge is 0.358 e. The van der Waals surface area contributed by atoms with Gasteiger partial charge in [-0.3, -0.25) is 0 Å². The third kappa shape index (κ3) is 2.21. The zero-order valence-electron chi connectivity index (χ0n) is 9.84. The number of fused-ring (bicyclic) bond motifs is 1. The van der Waals surface area contributed by atoms with Crippen LogP contribution in [-0.2, 0) is 0 Å². The third-order valence-electron chi connectivity index (χ3n) is 2.16. The summed E-state index contributed by atoms with van der Waals surface area (Å²) >= 11 is 0. The molecule has 0 atom stereocenters. The number of hydrogen-bond donors (Lipinski definition) is 2. The van der Waals surface area contributed by atoms with E-state index in [0.29, 0.717) is 0 Å². The minimum Gasteiger partial charge on any atom is -0.358 e. The molecule has 116 valence electrons. The SMILES string of the molecule is O=[N+]([O-])Nn1nc([N+](=O)[O-])c2c1c([N+](=O)[O-])nn2N[N+](=O)[O-]. The first-order chi connectivity index (χ1) is 10.2. The summed E-state index contributed by atoms with van der Waals surface area (Å²) in [6.07, 6.45) is 0. The highest BCUT2D eigenvalue weighted by molar-refractivity contribution is 5.90. The van der Waals surface area contributed by atoms with Crippen molar-refractivity contribution in [3.05, 3.63) is 40.5 Å². The van der Waals surface area contributed by atoms with E-state index in [1.54, 1.807) is 0 Å². The molecular formula is C4H2N10O8. The normalized spacial score (nSPS) is 10.4. The summed E-state index contributed by atoms with van der Waals surface area (Å²) in [5, 5.41) is 46.4. The molecule has 0 fully saturated rings. The number of hydrogen-bond acceptors (Lipinski definition) is 10. The fourth-order valence-corrected chi connectivity index (χ4v) is 1.53. The lowest BCUT2D eigenvalue weighted by Crippen LogP contribution is -2.23. The zero-order chi connectivity index (χ0) is 16.6. The highest BCUT2D eigenvalue weighted by Crippen LogP contribution is 2.30. The van der Waals surface area contributed by atoms with Crippen molar-refractivity contribution in [1.82, 2.24) is 19.8 Å². The molecule has 0 unspecified atom stereocenters. The molecule has 0 radical (unpaired) electrons. The van der Waals surface area contributed by atoms with Crippen LogP contribution in [0.1, 0.15) is 0 Å². The Balaban J connectivity index is 2.84. The topological polar surface area (TPSA) is 232 Å². The Labute approximate surface area is 115 Å². The molecule has 18 heteroatoms. The summed E-state index contributed by atoms with van der Waals surface area (Å²) in [5.74, 6) is -2.25. The van der Waals surface area contributed by atoms with E-state index in [-0.39, 0.29) is 9.58 Å².